The number of nitrogens with zero attached hydrogens (tertiary/aromatic N) is 1. The molecule has 3 atom stereocenters. The number of nitrogens with one attached hydrogen (secondary N) is 4. The van der Waals surface area contributed by atoms with Gasteiger partial charge in [0.25, 0.3) is 0 Å². The van der Waals surface area contributed by atoms with Crippen molar-refractivity contribution in [2.24, 2.45) is 17.3 Å². The number of urea groups is 1. The predicted molar refractivity (Wildman–Crippen MR) is 190 cm³/mol. The van der Waals surface area contributed by atoms with Crippen molar-refractivity contribution in [3.8, 4) is 0 Å². The van der Waals surface area contributed by atoms with Gasteiger partial charge in [-0.05, 0) is 62.7 Å². The summed E-state index contributed by atoms with van der Waals surface area (Å²) in [5.41, 5.74) is -0.748. The molecule has 10 heteroatoms. The molecular formula is C37H67N5O5. The first-order chi connectivity index (χ1) is 22.1. The second kappa shape index (κ2) is 21.1. The quantitative estimate of drug-likeness (QED) is 0.108. The van der Waals surface area contributed by atoms with E-state index in [0.717, 1.165) is 57.3 Å². The normalized spacial score (nSPS) is 20.1. The number of amides is 5. The topological polar surface area (TPSA) is 137 Å². The Morgan fingerprint density at radius 1 is 0.957 bits per heavy atom. The Labute approximate surface area is 285 Å². The number of carbonyl (C=O) groups is 5. The highest BCUT2D eigenvalue weighted by Gasteiger charge is 2.43. The van der Waals surface area contributed by atoms with Gasteiger partial charge in [-0.1, -0.05) is 99.5 Å². The Morgan fingerprint density at radius 3 is 2.00 bits per heavy atom. The summed E-state index contributed by atoms with van der Waals surface area (Å²) >= 11 is 0. The van der Waals surface area contributed by atoms with Gasteiger partial charge in [0, 0.05) is 18.6 Å². The molecule has 5 amide bonds. The summed E-state index contributed by atoms with van der Waals surface area (Å²) in [6.45, 7) is 20.5. The first-order valence-corrected chi connectivity index (χ1v) is 18.1. The van der Waals surface area contributed by atoms with Gasteiger partial charge in [-0.3, -0.25) is 19.2 Å². The van der Waals surface area contributed by atoms with Crippen LogP contribution in [0.5, 0.6) is 0 Å². The van der Waals surface area contributed by atoms with Crippen LogP contribution in [0.1, 0.15) is 139 Å². The maximum absolute atomic E-state index is 13.8. The molecule has 2 aliphatic carbocycles. The molecule has 0 radical (unpaired) electrons. The Bertz CT molecular complexity index is 990. The zero-order valence-corrected chi connectivity index (χ0v) is 30.8. The molecule has 3 fully saturated rings. The highest BCUT2D eigenvalue weighted by Crippen LogP contribution is 2.32. The number of ketones is 1. The molecule has 270 valence electrons. The van der Waals surface area contributed by atoms with Crippen molar-refractivity contribution in [1.82, 2.24) is 26.2 Å². The first-order valence-electron chi connectivity index (χ1n) is 18.1. The minimum absolute atomic E-state index is 0.0374. The summed E-state index contributed by atoms with van der Waals surface area (Å²) in [5.74, 6) is 0.844. The second-order valence-electron chi connectivity index (χ2n) is 15.1. The lowest BCUT2D eigenvalue weighted by Gasteiger charge is -2.39. The van der Waals surface area contributed by atoms with Crippen molar-refractivity contribution >= 4 is 30.0 Å². The molecule has 3 aliphatic rings. The number of carbonyl (C=O) groups excluding carboxylic acids is 5. The van der Waals surface area contributed by atoms with Gasteiger partial charge in [0.05, 0.1) is 6.04 Å². The molecule has 3 unspecified atom stereocenters. The van der Waals surface area contributed by atoms with Gasteiger partial charge >= 0.3 is 6.03 Å². The Kier molecular flexibility index (Phi) is 18.9. The average Bonchev–Trinajstić information content (AvgIpc) is 3.50. The van der Waals surface area contributed by atoms with Crippen LogP contribution in [-0.4, -0.2) is 71.7 Å². The van der Waals surface area contributed by atoms with Crippen LogP contribution in [0, 0.1) is 17.3 Å². The van der Waals surface area contributed by atoms with Gasteiger partial charge in [-0.15, -0.1) is 6.58 Å². The average molecular weight is 662 g/mol. The fourth-order valence-corrected chi connectivity index (χ4v) is 6.11. The summed E-state index contributed by atoms with van der Waals surface area (Å²) in [6.07, 6.45) is 15.1. The van der Waals surface area contributed by atoms with Crippen LogP contribution in [0.3, 0.4) is 0 Å². The lowest BCUT2D eigenvalue weighted by atomic mass is 9.80. The number of likely N-dealkylation sites (tertiary alicyclic amines) is 1. The second-order valence-corrected chi connectivity index (χ2v) is 15.1. The smallest absolute Gasteiger partial charge is 0.315 e. The van der Waals surface area contributed by atoms with E-state index in [9.17, 15) is 24.0 Å². The van der Waals surface area contributed by atoms with Crippen molar-refractivity contribution in [2.75, 3.05) is 13.1 Å². The largest absolute Gasteiger partial charge is 0.355 e. The molecule has 2 saturated carbocycles. The molecule has 1 aliphatic heterocycles. The maximum atomic E-state index is 13.8. The molecule has 4 N–H and O–H groups in total. The van der Waals surface area contributed by atoms with Crippen LogP contribution in [-0.2, 0) is 19.2 Å². The SMILES string of the molecule is C=CCNC=O.CCC(C)C.CCC1(NC(=O)NC(C(=O)N2CCCC2C(=O)NC(CC2CCC2)C(C)=O)C(C)(C)C)CCCCC1. The molecule has 10 nitrogen and oxygen atoms in total. The van der Waals surface area contributed by atoms with E-state index in [4.69, 9.17) is 0 Å². The van der Waals surface area contributed by atoms with Crippen LogP contribution in [0.2, 0.25) is 0 Å². The van der Waals surface area contributed by atoms with Gasteiger partial charge in [0.15, 0.2) is 5.78 Å². The molecule has 47 heavy (non-hydrogen) atoms. The van der Waals surface area contributed by atoms with Crippen LogP contribution in [0.15, 0.2) is 12.7 Å². The zero-order valence-electron chi connectivity index (χ0n) is 30.8. The molecule has 0 spiro atoms. The van der Waals surface area contributed by atoms with E-state index in [2.05, 4.69) is 55.5 Å². The minimum atomic E-state index is -0.762. The van der Waals surface area contributed by atoms with Crippen molar-refractivity contribution in [1.29, 1.82) is 0 Å². The standard InChI is InChI=1S/C28H48N4O4.C5H12.C4H7NO/c1-6-28(15-8-7-9-16-28)31-26(36)30-23(27(3,4)5)25(35)32-17-11-14-22(32)24(34)29-21(19(2)33)18-20-12-10-13-20;1-4-5(2)3;1-2-3-5-4-6/h20-23H,6-18H2,1-5H3,(H,29,34)(H2,30,31,36);5H,4H2,1-3H3;2,4H,1,3H2,(H,5,6). The van der Waals surface area contributed by atoms with Gasteiger partial charge in [-0.2, -0.15) is 0 Å². The van der Waals surface area contributed by atoms with Crippen molar-refractivity contribution < 1.29 is 24.0 Å². The van der Waals surface area contributed by atoms with E-state index < -0.39 is 23.5 Å². The molecule has 0 aromatic carbocycles. The summed E-state index contributed by atoms with van der Waals surface area (Å²) in [5, 5.41) is 11.5. The molecule has 0 aromatic heterocycles. The van der Waals surface area contributed by atoms with Gasteiger partial charge in [0.1, 0.15) is 12.1 Å². The Morgan fingerprint density at radius 2 is 1.57 bits per heavy atom. The van der Waals surface area contributed by atoms with E-state index >= 15 is 0 Å². The third-order valence-corrected chi connectivity index (χ3v) is 9.86. The third kappa shape index (κ3) is 14.8. The predicted octanol–water partition coefficient (Wildman–Crippen LogP) is 6.04. The van der Waals surface area contributed by atoms with E-state index in [0.29, 0.717) is 38.3 Å². The van der Waals surface area contributed by atoms with Gasteiger partial charge in [-0.25, -0.2) is 4.79 Å². The monoisotopic (exact) mass is 662 g/mol. The van der Waals surface area contributed by atoms with Gasteiger partial charge in [0.2, 0.25) is 18.2 Å². The maximum Gasteiger partial charge on any atom is 0.315 e. The highest BCUT2D eigenvalue weighted by molar-refractivity contribution is 5.94. The first kappa shape index (κ1) is 42.1. The highest BCUT2D eigenvalue weighted by atomic mass is 16.2. The number of rotatable bonds is 13. The van der Waals surface area contributed by atoms with Gasteiger partial charge < -0.3 is 26.2 Å². The summed E-state index contributed by atoms with van der Waals surface area (Å²) in [7, 11) is 0. The molecule has 1 saturated heterocycles. The summed E-state index contributed by atoms with van der Waals surface area (Å²) < 4.78 is 0. The third-order valence-electron chi connectivity index (χ3n) is 9.86. The van der Waals surface area contributed by atoms with Crippen LogP contribution in [0.25, 0.3) is 0 Å². The summed E-state index contributed by atoms with van der Waals surface area (Å²) in [6, 6.07) is -2.19. The fraction of sp³-hybridized carbons (Fsp3) is 0.811. The van der Waals surface area contributed by atoms with Crippen LogP contribution >= 0.6 is 0 Å². The van der Waals surface area contributed by atoms with Crippen LogP contribution in [0.4, 0.5) is 4.79 Å². The zero-order chi connectivity index (χ0) is 35.6. The van der Waals surface area contributed by atoms with Crippen molar-refractivity contribution in [3.63, 3.8) is 0 Å². The number of hydrogen-bond acceptors (Lipinski definition) is 5. The van der Waals surface area contributed by atoms with Crippen molar-refractivity contribution in [2.45, 2.75) is 163 Å². The lowest BCUT2D eigenvalue weighted by Crippen LogP contribution is -2.62. The van der Waals surface area contributed by atoms with Crippen molar-refractivity contribution in [3.05, 3.63) is 12.7 Å². The lowest BCUT2D eigenvalue weighted by molar-refractivity contribution is -0.142. The number of hydrogen-bond donors (Lipinski definition) is 4. The molecular weight excluding hydrogens is 594 g/mol. The molecule has 1 heterocycles. The van der Waals surface area contributed by atoms with E-state index in [1.165, 1.54) is 26.2 Å². The minimum Gasteiger partial charge on any atom is -0.355 e. The van der Waals surface area contributed by atoms with E-state index in [-0.39, 0.29) is 29.2 Å². The van der Waals surface area contributed by atoms with Crippen LogP contribution < -0.4 is 21.3 Å². The van der Waals surface area contributed by atoms with E-state index in [1.54, 1.807) is 11.0 Å². The Balaban J connectivity index is 0.000000863. The fourth-order valence-electron chi connectivity index (χ4n) is 6.11. The molecule has 0 bridgehead atoms. The molecule has 3 rings (SSSR count). The Hall–Kier alpha value is -2.91. The molecule has 0 aromatic rings. The van der Waals surface area contributed by atoms with E-state index in [1.807, 2.05) is 20.8 Å². The summed E-state index contributed by atoms with van der Waals surface area (Å²) in [4.78, 5) is 63.4. The number of Topliss-reactive ketones (excluding diaryl/α,β-unsaturated/α-hetero) is 1.